The summed E-state index contributed by atoms with van der Waals surface area (Å²) in [6.45, 7) is 0.610. The molecule has 0 N–H and O–H groups in total. The van der Waals surface area contributed by atoms with Crippen LogP contribution in [0, 0.1) is 0 Å². The molecule has 2 aromatic rings. The Morgan fingerprint density at radius 3 is 2.95 bits per heavy atom. The van der Waals surface area contributed by atoms with Crippen LogP contribution >= 0.6 is 0 Å². The van der Waals surface area contributed by atoms with Crippen LogP contribution in [0.25, 0.3) is 0 Å². The molecule has 114 valence electrons. The van der Waals surface area contributed by atoms with Crippen LogP contribution in [0.4, 0.5) is 5.69 Å². The Balaban J connectivity index is 1.60. The van der Waals surface area contributed by atoms with Crippen molar-refractivity contribution in [2.24, 2.45) is 7.05 Å². The van der Waals surface area contributed by atoms with E-state index in [-0.39, 0.29) is 29.7 Å². The van der Waals surface area contributed by atoms with Gasteiger partial charge in [-0.2, -0.15) is 5.10 Å². The van der Waals surface area contributed by atoms with Gasteiger partial charge >= 0.3 is 0 Å². The van der Waals surface area contributed by atoms with E-state index in [1.54, 1.807) is 26.7 Å². The Morgan fingerprint density at radius 2 is 2.27 bits per heavy atom. The number of aryl methyl sites for hydroxylation is 1. The van der Waals surface area contributed by atoms with E-state index < -0.39 is 0 Å². The molecule has 2 unspecified atom stereocenters. The first-order valence-electron chi connectivity index (χ1n) is 7.17. The number of nitrogens with zero attached hydrogens (tertiary/aromatic N) is 5. The number of carbonyl (C=O) groups excluding carboxylic acids is 2. The monoisotopic (exact) mass is 301 g/mol. The first-order valence-corrected chi connectivity index (χ1v) is 7.17. The van der Waals surface area contributed by atoms with E-state index in [0.29, 0.717) is 13.0 Å². The molecule has 0 spiro atoms. The van der Waals surface area contributed by atoms with Gasteiger partial charge in [0.25, 0.3) is 5.91 Å². The predicted octanol–water partition coefficient (Wildman–Crippen LogP) is 0.428. The average Bonchev–Trinajstić information content (AvgIpc) is 3.22. The van der Waals surface area contributed by atoms with Crippen LogP contribution in [-0.4, -0.2) is 50.3 Å². The number of carbonyl (C=O) groups is 2. The minimum atomic E-state index is -0.203. The van der Waals surface area contributed by atoms with Crippen molar-refractivity contribution in [3.05, 3.63) is 30.4 Å². The number of likely N-dealkylation sites (tertiary alicyclic amines) is 1. The van der Waals surface area contributed by atoms with E-state index in [4.69, 9.17) is 4.52 Å². The second-order valence-electron chi connectivity index (χ2n) is 5.64. The lowest BCUT2D eigenvalue weighted by atomic mass is 10.1. The Morgan fingerprint density at radius 1 is 1.41 bits per heavy atom. The molecule has 4 rings (SSSR count). The Labute approximate surface area is 126 Å². The maximum absolute atomic E-state index is 12.5. The van der Waals surface area contributed by atoms with Crippen LogP contribution in [0.2, 0.25) is 0 Å². The van der Waals surface area contributed by atoms with E-state index >= 15 is 0 Å². The molecule has 2 atom stereocenters. The lowest BCUT2D eigenvalue weighted by Gasteiger charge is -2.23. The predicted molar refractivity (Wildman–Crippen MR) is 75.0 cm³/mol. The van der Waals surface area contributed by atoms with E-state index in [0.717, 1.165) is 12.1 Å². The van der Waals surface area contributed by atoms with Gasteiger partial charge < -0.3 is 14.3 Å². The molecule has 2 amide bonds. The molecule has 0 bridgehead atoms. The van der Waals surface area contributed by atoms with Crippen molar-refractivity contribution in [1.29, 1.82) is 0 Å². The zero-order chi connectivity index (χ0) is 15.3. The summed E-state index contributed by atoms with van der Waals surface area (Å²) in [7, 11) is 1.82. The highest BCUT2D eigenvalue weighted by molar-refractivity contribution is 5.99. The van der Waals surface area contributed by atoms with Crippen LogP contribution in [-0.2, 0) is 11.8 Å². The van der Waals surface area contributed by atoms with E-state index in [1.807, 2.05) is 13.2 Å². The van der Waals surface area contributed by atoms with E-state index in [9.17, 15) is 9.59 Å². The van der Waals surface area contributed by atoms with E-state index in [2.05, 4.69) is 10.3 Å². The molecule has 8 heteroatoms. The normalized spacial score (nSPS) is 24.1. The lowest BCUT2D eigenvalue weighted by molar-refractivity contribution is -0.117. The number of amides is 2. The maximum atomic E-state index is 12.5. The topological polar surface area (TPSA) is 84.5 Å². The summed E-state index contributed by atoms with van der Waals surface area (Å²) in [5.41, 5.74) is 0.786. The third-order valence-corrected chi connectivity index (χ3v) is 4.37. The Hall–Kier alpha value is -2.64. The van der Waals surface area contributed by atoms with Crippen molar-refractivity contribution in [2.75, 3.05) is 11.4 Å². The molecule has 4 heterocycles. The van der Waals surface area contributed by atoms with Crippen molar-refractivity contribution in [3.63, 3.8) is 0 Å². The molecule has 0 aliphatic carbocycles. The maximum Gasteiger partial charge on any atom is 0.292 e. The van der Waals surface area contributed by atoms with Crippen LogP contribution in [0.1, 0.15) is 23.4 Å². The zero-order valence-corrected chi connectivity index (χ0v) is 12.0. The molecular formula is C14H15N5O3. The first-order chi connectivity index (χ1) is 10.6. The molecule has 8 nitrogen and oxygen atoms in total. The van der Waals surface area contributed by atoms with Gasteiger partial charge in [0.1, 0.15) is 0 Å². The largest absolute Gasteiger partial charge is 0.351 e. The standard InChI is InChI=1S/C14H15N5O3/c1-17-8-9(7-15-17)19-10-3-5-18(11(10)6-13(19)20)14(21)12-2-4-16-22-12/h2,4,7-8,10-11H,3,5-6H2,1H3. The summed E-state index contributed by atoms with van der Waals surface area (Å²) < 4.78 is 6.61. The summed E-state index contributed by atoms with van der Waals surface area (Å²) in [6.07, 6.45) is 6.04. The summed E-state index contributed by atoms with van der Waals surface area (Å²) in [5, 5.41) is 7.69. The number of anilines is 1. The first kappa shape index (κ1) is 13.1. The SMILES string of the molecule is Cn1cc(N2C(=O)CC3C2CCN3C(=O)c2ccno2)cn1. The van der Waals surface area contributed by atoms with Crippen molar-refractivity contribution in [2.45, 2.75) is 24.9 Å². The molecule has 0 saturated carbocycles. The minimum Gasteiger partial charge on any atom is -0.351 e. The van der Waals surface area contributed by atoms with E-state index in [1.165, 1.54) is 6.20 Å². The van der Waals surface area contributed by atoms with Crippen molar-refractivity contribution < 1.29 is 14.1 Å². The number of hydrogen-bond donors (Lipinski definition) is 0. The van der Waals surface area contributed by atoms with Gasteiger partial charge in [0.05, 0.1) is 30.2 Å². The molecular weight excluding hydrogens is 286 g/mol. The van der Waals surface area contributed by atoms with Gasteiger partial charge in [0.15, 0.2) is 0 Å². The minimum absolute atomic E-state index is 0.00331. The third kappa shape index (κ3) is 1.83. The van der Waals surface area contributed by atoms with Crippen LogP contribution in [0.3, 0.4) is 0 Å². The molecule has 2 saturated heterocycles. The fraction of sp³-hybridized carbons (Fsp3) is 0.429. The highest BCUT2D eigenvalue weighted by Crippen LogP contribution is 2.36. The number of aromatic nitrogens is 3. The molecule has 0 aromatic carbocycles. The molecule has 0 radical (unpaired) electrons. The van der Waals surface area contributed by atoms with Gasteiger partial charge in [0.2, 0.25) is 11.7 Å². The lowest BCUT2D eigenvalue weighted by Crippen LogP contribution is -2.39. The van der Waals surface area contributed by atoms with Crippen molar-refractivity contribution in [3.8, 4) is 0 Å². The molecule has 2 aliphatic heterocycles. The molecule has 2 aromatic heterocycles. The van der Waals surface area contributed by atoms with Gasteiger partial charge in [-0.3, -0.25) is 14.3 Å². The third-order valence-electron chi connectivity index (χ3n) is 4.37. The van der Waals surface area contributed by atoms with Crippen molar-refractivity contribution >= 4 is 17.5 Å². The van der Waals surface area contributed by atoms with Crippen LogP contribution < -0.4 is 4.90 Å². The zero-order valence-electron chi connectivity index (χ0n) is 12.0. The summed E-state index contributed by atoms with van der Waals surface area (Å²) in [6, 6.07) is 1.43. The van der Waals surface area contributed by atoms with Gasteiger partial charge in [0, 0.05) is 32.3 Å². The highest BCUT2D eigenvalue weighted by atomic mass is 16.5. The van der Waals surface area contributed by atoms with Crippen LogP contribution in [0.15, 0.2) is 29.2 Å². The van der Waals surface area contributed by atoms with Crippen molar-refractivity contribution in [1.82, 2.24) is 19.8 Å². The summed E-state index contributed by atoms with van der Waals surface area (Å²) in [4.78, 5) is 28.3. The van der Waals surface area contributed by atoms with Gasteiger partial charge in [-0.15, -0.1) is 0 Å². The quantitative estimate of drug-likeness (QED) is 0.803. The fourth-order valence-electron chi connectivity index (χ4n) is 3.43. The van der Waals surface area contributed by atoms with Gasteiger partial charge in [-0.05, 0) is 6.42 Å². The number of fused-ring (bicyclic) bond motifs is 1. The molecule has 2 aliphatic rings. The Bertz CT molecular complexity index is 723. The van der Waals surface area contributed by atoms with Gasteiger partial charge in [-0.25, -0.2) is 0 Å². The summed E-state index contributed by atoms with van der Waals surface area (Å²) >= 11 is 0. The second kappa shape index (κ2) is 4.69. The summed E-state index contributed by atoms with van der Waals surface area (Å²) in [5.74, 6) is 0.0387. The van der Waals surface area contributed by atoms with Gasteiger partial charge in [-0.1, -0.05) is 5.16 Å². The number of rotatable bonds is 2. The number of hydrogen-bond acceptors (Lipinski definition) is 5. The second-order valence-corrected chi connectivity index (χ2v) is 5.64. The van der Waals surface area contributed by atoms with Crippen LogP contribution in [0.5, 0.6) is 0 Å². The average molecular weight is 301 g/mol. The molecule has 22 heavy (non-hydrogen) atoms. The smallest absolute Gasteiger partial charge is 0.292 e. The Kier molecular flexibility index (Phi) is 2.78. The molecule has 2 fully saturated rings. The fourth-order valence-corrected chi connectivity index (χ4v) is 3.43. The highest BCUT2D eigenvalue weighted by Gasteiger charge is 2.49.